The highest BCUT2D eigenvalue weighted by molar-refractivity contribution is 9.10. The first-order valence-electron chi connectivity index (χ1n) is 10.7. The molecule has 0 aliphatic rings. The second kappa shape index (κ2) is 10.5. The average Bonchev–Trinajstić information content (AvgIpc) is 3.63. The Hall–Kier alpha value is -3.81. The van der Waals surface area contributed by atoms with Crippen molar-refractivity contribution in [2.24, 2.45) is 5.73 Å². The fourth-order valence-electron chi connectivity index (χ4n) is 3.61. The summed E-state index contributed by atoms with van der Waals surface area (Å²) in [5, 5.41) is 7.64. The Balaban J connectivity index is 1.46. The van der Waals surface area contributed by atoms with Crippen molar-refractivity contribution in [1.82, 2.24) is 14.8 Å². The number of thiophene rings is 1. The van der Waals surface area contributed by atoms with Crippen LogP contribution in [0.25, 0.3) is 21.5 Å². The first-order chi connectivity index (χ1) is 18.2. The van der Waals surface area contributed by atoms with Crippen LogP contribution in [0.2, 0.25) is 5.02 Å². The van der Waals surface area contributed by atoms with Gasteiger partial charge in [-0.2, -0.15) is 5.10 Å². The van der Waals surface area contributed by atoms with E-state index in [1.165, 1.54) is 23.2 Å². The maximum absolute atomic E-state index is 13.5. The lowest BCUT2D eigenvalue weighted by atomic mass is 10.1. The quantitative estimate of drug-likeness (QED) is 0.204. The number of fused-ring (bicyclic) bond motifs is 1. The number of halogens is 4. The monoisotopic (exact) mass is 621 g/mol. The number of nitrogens with one attached hydrogen (secondary N) is 1. The first kappa shape index (κ1) is 25.8. The normalized spacial score (nSPS) is 11.3. The first-order valence-corrected chi connectivity index (χ1v) is 12.7. The van der Waals surface area contributed by atoms with Gasteiger partial charge in [0.05, 0.1) is 16.4 Å². The van der Waals surface area contributed by atoms with Crippen molar-refractivity contribution in [3.05, 3.63) is 80.7 Å². The predicted molar refractivity (Wildman–Crippen MR) is 141 cm³/mol. The van der Waals surface area contributed by atoms with Crippen LogP contribution in [0, 0.1) is 0 Å². The van der Waals surface area contributed by atoms with E-state index in [0.717, 1.165) is 17.4 Å². The fraction of sp³-hybridized carbons (Fsp3) is 0.0833. The van der Waals surface area contributed by atoms with Gasteiger partial charge in [-0.3, -0.25) is 9.59 Å². The van der Waals surface area contributed by atoms with Crippen LogP contribution in [0.1, 0.15) is 32.3 Å². The highest BCUT2D eigenvalue weighted by atomic mass is 79.9. The number of aromatic nitrogens is 3. The van der Waals surface area contributed by atoms with E-state index in [0.29, 0.717) is 15.2 Å². The molecule has 9 nitrogen and oxygen atoms in total. The summed E-state index contributed by atoms with van der Waals surface area (Å²) in [5.74, 6) is -0.756. The van der Waals surface area contributed by atoms with Crippen molar-refractivity contribution in [3.8, 4) is 17.1 Å². The standard InChI is InChI=1S/C24H15BrClF2N5O4S/c25-13-8-11(26)3-4-17(13)37-10-33-6-5-14(32-33)23(35)31-19-18-12(16-2-1-7-36-16)9-15(21(27)28)30-24(18)38-20(19)22(29)34/h1-9,21H,10H2,(H2,29,34)(H,31,35). The number of furan rings is 1. The summed E-state index contributed by atoms with van der Waals surface area (Å²) in [7, 11) is 0. The number of rotatable bonds is 8. The molecule has 3 N–H and O–H groups in total. The lowest BCUT2D eigenvalue weighted by molar-refractivity contribution is 0.100. The summed E-state index contributed by atoms with van der Waals surface area (Å²) in [6.07, 6.45) is 0.0371. The third-order valence-electron chi connectivity index (χ3n) is 5.27. The number of pyridine rings is 1. The van der Waals surface area contributed by atoms with E-state index in [1.54, 1.807) is 30.3 Å². The third kappa shape index (κ3) is 5.12. The molecule has 1 aromatic carbocycles. The molecule has 4 heterocycles. The number of amides is 2. The van der Waals surface area contributed by atoms with E-state index in [-0.39, 0.29) is 44.5 Å². The topological polar surface area (TPSA) is 125 Å². The summed E-state index contributed by atoms with van der Waals surface area (Å²) < 4.78 is 40.3. The molecular formula is C24H15BrClF2N5O4S. The van der Waals surface area contributed by atoms with Gasteiger partial charge in [-0.25, -0.2) is 18.4 Å². The number of carbonyl (C=O) groups is 2. The van der Waals surface area contributed by atoms with Gasteiger partial charge in [0.15, 0.2) is 12.4 Å². The molecule has 0 fully saturated rings. The van der Waals surface area contributed by atoms with Crippen molar-refractivity contribution in [1.29, 1.82) is 0 Å². The van der Waals surface area contributed by atoms with Gasteiger partial charge in [0.2, 0.25) is 0 Å². The third-order valence-corrected chi connectivity index (χ3v) is 7.23. The number of carbonyl (C=O) groups excluding carboxylic acids is 2. The SMILES string of the molecule is NC(=O)c1sc2nc(C(F)F)cc(-c3ccco3)c2c1NC(=O)c1ccn(COc2ccc(Cl)cc2Br)n1. The minimum absolute atomic E-state index is 0.00949. The van der Waals surface area contributed by atoms with Crippen molar-refractivity contribution in [2.45, 2.75) is 13.2 Å². The molecule has 0 aliphatic heterocycles. The van der Waals surface area contributed by atoms with Gasteiger partial charge in [0, 0.05) is 22.2 Å². The number of ether oxygens (including phenoxy) is 1. The molecule has 0 radical (unpaired) electrons. The van der Waals surface area contributed by atoms with E-state index in [2.05, 4.69) is 31.3 Å². The Morgan fingerprint density at radius 1 is 1.26 bits per heavy atom. The van der Waals surface area contributed by atoms with E-state index in [1.807, 2.05) is 0 Å². The Bertz CT molecular complexity index is 1670. The zero-order valence-electron chi connectivity index (χ0n) is 19.0. The summed E-state index contributed by atoms with van der Waals surface area (Å²) in [6, 6.07) is 10.8. The van der Waals surface area contributed by atoms with Crippen molar-refractivity contribution in [3.63, 3.8) is 0 Å². The molecule has 2 amide bonds. The van der Waals surface area contributed by atoms with E-state index in [9.17, 15) is 18.4 Å². The van der Waals surface area contributed by atoms with Crippen LogP contribution >= 0.6 is 38.9 Å². The lowest BCUT2D eigenvalue weighted by Gasteiger charge is -2.09. The summed E-state index contributed by atoms with van der Waals surface area (Å²) >= 11 is 10.1. The Labute approximate surface area is 230 Å². The Morgan fingerprint density at radius 3 is 2.76 bits per heavy atom. The summed E-state index contributed by atoms with van der Waals surface area (Å²) in [4.78, 5) is 29.4. The van der Waals surface area contributed by atoms with Gasteiger partial charge in [-0.05, 0) is 58.4 Å². The second-order valence-electron chi connectivity index (χ2n) is 7.77. The maximum atomic E-state index is 13.5. The zero-order chi connectivity index (χ0) is 27.0. The molecule has 4 aromatic heterocycles. The Morgan fingerprint density at radius 2 is 2.08 bits per heavy atom. The molecule has 14 heteroatoms. The smallest absolute Gasteiger partial charge is 0.280 e. The van der Waals surface area contributed by atoms with Gasteiger partial charge < -0.3 is 20.2 Å². The van der Waals surface area contributed by atoms with Gasteiger partial charge in [0.1, 0.15) is 26.9 Å². The van der Waals surface area contributed by atoms with Crippen LogP contribution in [0.15, 0.2) is 63.8 Å². The zero-order valence-corrected chi connectivity index (χ0v) is 22.1. The number of benzene rings is 1. The van der Waals surface area contributed by atoms with Crippen LogP contribution in [-0.2, 0) is 6.73 Å². The average molecular weight is 623 g/mol. The number of primary amides is 1. The molecule has 0 atom stereocenters. The van der Waals surface area contributed by atoms with E-state index in [4.69, 9.17) is 26.5 Å². The highest BCUT2D eigenvalue weighted by Crippen LogP contribution is 2.42. The van der Waals surface area contributed by atoms with Gasteiger partial charge >= 0.3 is 0 Å². The maximum Gasteiger partial charge on any atom is 0.280 e. The number of nitrogens with zero attached hydrogens (tertiary/aromatic N) is 3. The molecular weight excluding hydrogens is 608 g/mol. The largest absolute Gasteiger partial charge is 0.470 e. The molecule has 0 bridgehead atoms. The molecule has 5 rings (SSSR count). The second-order valence-corrected chi connectivity index (χ2v) is 10.1. The van der Waals surface area contributed by atoms with Gasteiger partial charge in [0.25, 0.3) is 18.2 Å². The fourth-order valence-corrected chi connectivity index (χ4v) is 5.42. The van der Waals surface area contributed by atoms with Crippen LogP contribution in [-0.4, -0.2) is 26.6 Å². The van der Waals surface area contributed by atoms with Crippen LogP contribution in [0.4, 0.5) is 14.5 Å². The van der Waals surface area contributed by atoms with Gasteiger partial charge in [-0.1, -0.05) is 11.6 Å². The molecule has 194 valence electrons. The number of nitrogens with two attached hydrogens (primary N) is 1. The molecule has 0 unspecified atom stereocenters. The molecule has 0 saturated heterocycles. The summed E-state index contributed by atoms with van der Waals surface area (Å²) in [5.41, 5.74) is 5.30. The lowest BCUT2D eigenvalue weighted by Crippen LogP contribution is -2.17. The van der Waals surface area contributed by atoms with E-state index < -0.39 is 23.9 Å². The Kier molecular flexibility index (Phi) is 7.15. The number of anilines is 1. The number of hydrogen-bond donors (Lipinski definition) is 2. The van der Waals surface area contributed by atoms with Crippen molar-refractivity contribution >= 4 is 66.6 Å². The number of alkyl halides is 2. The van der Waals surface area contributed by atoms with Crippen LogP contribution < -0.4 is 15.8 Å². The molecule has 0 spiro atoms. The molecule has 0 saturated carbocycles. The van der Waals surface area contributed by atoms with Crippen molar-refractivity contribution < 1.29 is 27.5 Å². The summed E-state index contributed by atoms with van der Waals surface area (Å²) in [6.45, 7) is -0.00953. The number of hydrogen-bond acceptors (Lipinski definition) is 7. The van der Waals surface area contributed by atoms with Crippen LogP contribution in [0.5, 0.6) is 5.75 Å². The minimum atomic E-state index is -2.87. The minimum Gasteiger partial charge on any atom is -0.470 e. The molecule has 5 aromatic rings. The van der Waals surface area contributed by atoms with Crippen LogP contribution in [0.3, 0.4) is 0 Å². The highest BCUT2D eigenvalue weighted by Gasteiger charge is 2.26. The van der Waals surface area contributed by atoms with Crippen molar-refractivity contribution in [2.75, 3.05) is 5.32 Å². The van der Waals surface area contributed by atoms with E-state index >= 15 is 0 Å². The molecule has 38 heavy (non-hydrogen) atoms. The predicted octanol–water partition coefficient (Wildman–Crippen LogP) is 6.49. The van der Waals surface area contributed by atoms with Gasteiger partial charge in [-0.15, -0.1) is 11.3 Å². The molecule has 0 aliphatic carbocycles.